The lowest BCUT2D eigenvalue weighted by atomic mass is 9.82. The number of hydrogen-bond donors (Lipinski definition) is 2. The highest BCUT2D eigenvalue weighted by molar-refractivity contribution is 5.74. The van der Waals surface area contributed by atoms with Crippen molar-refractivity contribution >= 4 is 11.7 Å². The standard InChI is InChI=1S/C35H42N2O7/c1-5-23-8-6-7-22(4)32(23)36-34-30(44-34)19-37-18-27(25-11-14-28-29(17-25)43-20-42-28)31(35(38)39)33(37)24-9-12-26(13-10-24)41-16-15-40-21(2)3/h6-14,17,21,27,30-31,33-34,36H,5,15-16,18-20H2,1-4H3,(H,38,39)/t27-,30?,31-,33+,34?/m1/s1. The normalized spacial score (nSPS) is 24.1. The minimum atomic E-state index is -0.829. The van der Waals surface area contributed by atoms with E-state index in [4.69, 9.17) is 23.7 Å². The van der Waals surface area contributed by atoms with E-state index in [0.717, 1.165) is 29.0 Å². The van der Waals surface area contributed by atoms with Crippen molar-refractivity contribution in [3.63, 3.8) is 0 Å². The maximum atomic E-state index is 13.0. The molecule has 5 atom stereocenters. The minimum absolute atomic E-state index is 0.0599. The molecule has 3 heterocycles. The van der Waals surface area contributed by atoms with E-state index in [1.54, 1.807) is 0 Å². The molecule has 9 heteroatoms. The van der Waals surface area contributed by atoms with Crippen molar-refractivity contribution in [2.24, 2.45) is 5.92 Å². The largest absolute Gasteiger partial charge is 0.491 e. The molecule has 44 heavy (non-hydrogen) atoms. The van der Waals surface area contributed by atoms with Crippen molar-refractivity contribution in [1.82, 2.24) is 4.90 Å². The average molecular weight is 603 g/mol. The predicted molar refractivity (Wildman–Crippen MR) is 167 cm³/mol. The van der Waals surface area contributed by atoms with E-state index in [1.807, 2.05) is 56.3 Å². The number of carboxylic acid groups (broad SMARTS) is 1. The topological polar surface area (TPSA) is 102 Å². The molecule has 6 rings (SSSR count). The van der Waals surface area contributed by atoms with E-state index >= 15 is 0 Å². The fourth-order valence-corrected chi connectivity index (χ4v) is 6.51. The number of fused-ring (bicyclic) bond motifs is 1. The molecule has 3 aromatic carbocycles. The highest BCUT2D eigenvalue weighted by atomic mass is 16.7. The minimum Gasteiger partial charge on any atom is -0.491 e. The van der Waals surface area contributed by atoms with E-state index in [1.165, 1.54) is 11.1 Å². The number of hydrogen-bond acceptors (Lipinski definition) is 8. The van der Waals surface area contributed by atoms with Gasteiger partial charge in [-0.25, -0.2) is 0 Å². The molecule has 0 radical (unpaired) electrons. The van der Waals surface area contributed by atoms with Crippen LogP contribution in [-0.2, 0) is 20.7 Å². The van der Waals surface area contributed by atoms with E-state index in [-0.39, 0.29) is 37.2 Å². The maximum Gasteiger partial charge on any atom is 0.309 e. The first-order valence-corrected chi connectivity index (χ1v) is 15.5. The van der Waals surface area contributed by atoms with Gasteiger partial charge in [-0.3, -0.25) is 9.69 Å². The smallest absolute Gasteiger partial charge is 0.309 e. The molecule has 2 fully saturated rings. The average Bonchev–Trinajstić information content (AvgIpc) is 3.38. The summed E-state index contributed by atoms with van der Waals surface area (Å²) in [7, 11) is 0. The molecule has 2 saturated heterocycles. The number of benzene rings is 3. The molecule has 0 amide bonds. The first kappa shape index (κ1) is 30.2. The van der Waals surface area contributed by atoms with Crippen LogP contribution in [-0.4, -0.2) is 67.5 Å². The first-order valence-electron chi connectivity index (χ1n) is 15.5. The lowest BCUT2D eigenvalue weighted by Gasteiger charge is -2.27. The Kier molecular flexibility index (Phi) is 8.98. The van der Waals surface area contributed by atoms with Gasteiger partial charge < -0.3 is 34.1 Å². The van der Waals surface area contributed by atoms with Gasteiger partial charge in [-0.05, 0) is 73.7 Å². The highest BCUT2D eigenvalue weighted by Crippen LogP contribution is 2.48. The molecule has 0 bridgehead atoms. The van der Waals surface area contributed by atoms with Gasteiger partial charge in [-0.2, -0.15) is 0 Å². The SMILES string of the molecule is CCc1cccc(C)c1NC1OC1CN1C[C@H](c2ccc3c(c2)OCO3)[C@@H](C(=O)O)[C@@H]1c1ccc(OCCOC(C)C)cc1. The number of aliphatic carboxylic acids is 1. The Hall–Kier alpha value is -3.79. The Morgan fingerprint density at radius 3 is 2.57 bits per heavy atom. The first-order chi connectivity index (χ1) is 21.3. The molecule has 0 aromatic heterocycles. The molecule has 2 unspecified atom stereocenters. The van der Waals surface area contributed by atoms with E-state index < -0.39 is 11.9 Å². The number of aryl methyl sites for hydroxylation is 2. The zero-order valence-corrected chi connectivity index (χ0v) is 25.8. The lowest BCUT2D eigenvalue weighted by Crippen LogP contribution is -2.32. The number of anilines is 1. The second-order valence-corrected chi connectivity index (χ2v) is 12.0. The third kappa shape index (κ3) is 6.50. The van der Waals surface area contributed by atoms with Crippen LogP contribution in [0.1, 0.15) is 55.0 Å². The fourth-order valence-electron chi connectivity index (χ4n) is 6.51. The summed E-state index contributed by atoms with van der Waals surface area (Å²) in [4.78, 5) is 15.3. The van der Waals surface area contributed by atoms with Crippen LogP contribution in [0, 0.1) is 12.8 Å². The summed E-state index contributed by atoms with van der Waals surface area (Å²) in [5.41, 5.74) is 5.42. The van der Waals surface area contributed by atoms with Gasteiger partial charge in [0, 0.05) is 30.7 Å². The number of para-hydroxylation sites is 1. The van der Waals surface area contributed by atoms with E-state index in [2.05, 4.69) is 42.3 Å². The predicted octanol–water partition coefficient (Wildman–Crippen LogP) is 5.77. The molecule has 3 aromatic rings. The number of carboxylic acids is 1. The van der Waals surface area contributed by atoms with Gasteiger partial charge in [0.2, 0.25) is 6.79 Å². The summed E-state index contributed by atoms with van der Waals surface area (Å²) < 4.78 is 28.7. The summed E-state index contributed by atoms with van der Waals surface area (Å²) in [6, 6.07) is 19.5. The Labute approximate surface area is 259 Å². The summed E-state index contributed by atoms with van der Waals surface area (Å²) in [5.74, 6) is 0.322. The van der Waals surface area contributed by atoms with Gasteiger partial charge >= 0.3 is 5.97 Å². The molecular weight excluding hydrogens is 560 g/mol. The Morgan fingerprint density at radius 2 is 1.82 bits per heavy atom. The summed E-state index contributed by atoms with van der Waals surface area (Å²) >= 11 is 0. The molecule has 3 aliphatic heterocycles. The summed E-state index contributed by atoms with van der Waals surface area (Å²) in [5, 5.41) is 14.3. The lowest BCUT2D eigenvalue weighted by molar-refractivity contribution is -0.143. The highest BCUT2D eigenvalue weighted by Gasteiger charge is 2.51. The summed E-state index contributed by atoms with van der Waals surface area (Å²) in [6.45, 7) is 10.5. The number of carbonyl (C=O) groups is 1. The number of likely N-dealkylation sites (tertiary alicyclic amines) is 1. The maximum absolute atomic E-state index is 13.0. The monoisotopic (exact) mass is 602 g/mol. The number of ether oxygens (including phenoxy) is 5. The van der Waals surface area contributed by atoms with Gasteiger partial charge in [0.1, 0.15) is 18.5 Å². The van der Waals surface area contributed by atoms with Crippen LogP contribution in [0.25, 0.3) is 0 Å². The zero-order valence-electron chi connectivity index (χ0n) is 25.8. The Balaban J connectivity index is 1.23. The number of epoxide rings is 1. The summed E-state index contributed by atoms with van der Waals surface area (Å²) in [6.07, 6.45) is 0.891. The van der Waals surface area contributed by atoms with Crippen molar-refractivity contribution in [3.05, 3.63) is 82.9 Å². The van der Waals surface area contributed by atoms with Gasteiger partial charge in [0.15, 0.2) is 17.7 Å². The van der Waals surface area contributed by atoms with Crippen LogP contribution in [0.5, 0.6) is 17.2 Å². The van der Waals surface area contributed by atoms with Crippen LogP contribution in [0.15, 0.2) is 60.7 Å². The van der Waals surface area contributed by atoms with Crippen LogP contribution in [0.2, 0.25) is 0 Å². The second-order valence-electron chi connectivity index (χ2n) is 12.0. The van der Waals surface area contributed by atoms with E-state index in [9.17, 15) is 9.90 Å². The molecule has 0 spiro atoms. The van der Waals surface area contributed by atoms with Gasteiger partial charge in [0.25, 0.3) is 0 Å². The fraction of sp³-hybridized carbons (Fsp3) is 0.457. The van der Waals surface area contributed by atoms with Crippen LogP contribution < -0.4 is 19.5 Å². The third-order valence-corrected chi connectivity index (χ3v) is 8.76. The zero-order chi connectivity index (χ0) is 30.8. The van der Waals surface area contributed by atoms with Crippen molar-refractivity contribution in [3.8, 4) is 17.2 Å². The van der Waals surface area contributed by atoms with Crippen molar-refractivity contribution in [2.75, 3.05) is 38.4 Å². The second kappa shape index (κ2) is 13.1. The van der Waals surface area contributed by atoms with Crippen LogP contribution in [0.4, 0.5) is 5.69 Å². The molecule has 9 nitrogen and oxygen atoms in total. The van der Waals surface area contributed by atoms with Gasteiger partial charge in [-0.1, -0.05) is 43.3 Å². The number of nitrogens with zero attached hydrogens (tertiary/aromatic N) is 1. The molecule has 234 valence electrons. The number of nitrogens with one attached hydrogen (secondary N) is 1. The Bertz CT molecular complexity index is 1460. The van der Waals surface area contributed by atoms with E-state index in [0.29, 0.717) is 37.8 Å². The van der Waals surface area contributed by atoms with Gasteiger partial charge in [-0.15, -0.1) is 0 Å². The van der Waals surface area contributed by atoms with Crippen molar-refractivity contribution in [1.29, 1.82) is 0 Å². The molecule has 3 aliphatic rings. The van der Waals surface area contributed by atoms with Gasteiger partial charge in [0.05, 0.1) is 18.6 Å². The quantitative estimate of drug-likeness (QED) is 0.187. The third-order valence-electron chi connectivity index (χ3n) is 8.76. The van der Waals surface area contributed by atoms with Crippen LogP contribution >= 0.6 is 0 Å². The molecule has 2 N–H and O–H groups in total. The van der Waals surface area contributed by atoms with Crippen molar-refractivity contribution in [2.45, 2.75) is 64.5 Å². The number of rotatable bonds is 13. The molecule has 0 aliphatic carbocycles. The Morgan fingerprint density at radius 1 is 1.05 bits per heavy atom. The molecule has 0 saturated carbocycles. The van der Waals surface area contributed by atoms with Crippen molar-refractivity contribution < 1.29 is 33.6 Å². The van der Waals surface area contributed by atoms with Crippen LogP contribution in [0.3, 0.4) is 0 Å². The molecular formula is C35H42N2O7.